The number of nitrogens with one attached hydrogen (secondary N) is 1. The van der Waals surface area contributed by atoms with Crippen LogP contribution in [0.25, 0.3) is 0 Å². The van der Waals surface area contributed by atoms with Crippen LogP contribution < -0.4 is 5.32 Å². The molecule has 0 saturated heterocycles. The van der Waals surface area contributed by atoms with Gasteiger partial charge in [-0.3, -0.25) is 4.79 Å². The third-order valence-corrected chi connectivity index (χ3v) is 3.22. The zero-order chi connectivity index (χ0) is 10.6. The van der Waals surface area contributed by atoms with Gasteiger partial charge in [-0.25, -0.2) is 0 Å². The van der Waals surface area contributed by atoms with Crippen LogP contribution in [0.5, 0.6) is 0 Å². The van der Waals surface area contributed by atoms with Gasteiger partial charge in [0.15, 0.2) is 0 Å². The summed E-state index contributed by atoms with van der Waals surface area (Å²) >= 11 is 3.19. The van der Waals surface area contributed by atoms with Crippen LogP contribution in [-0.4, -0.2) is 41.7 Å². The van der Waals surface area contributed by atoms with Crippen LogP contribution in [0.1, 0.15) is 19.3 Å². The highest BCUT2D eigenvalue weighted by Gasteiger charge is 2.33. The predicted octanol–water partition coefficient (Wildman–Crippen LogP) is 0.427. The maximum atomic E-state index is 11.0. The van der Waals surface area contributed by atoms with Gasteiger partial charge in [0.1, 0.15) is 4.83 Å². The summed E-state index contributed by atoms with van der Waals surface area (Å²) in [6.45, 7) is 1.03. The van der Waals surface area contributed by atoms with Gasteiger partial charge in [-0.2, -0.15) is 0 Å². The van der Waals surface area contributed by atoms with E-state index < -0.39 is 5.60 Å². The van der Waals surface area contributed by atoms with Gasteiger partial charge in [0, 0.05) is 13.1 Å². The lowest BCUT2D eigenvalue weighted by Gasteiger charge is -2.36. The molecule has 0 aliphatic heterocycles. The number of esters is 1. The Hall–Kier alpha value is -0.130. The Morgan fingerprint density at radius 3 is 2.79 bits per heavy atom. The highest BCUT2D eigenvalue weighted by atomic mass is 79.9. The van der Waals surface area contributed by atoms with Crippen LogP contribution in [-0.2, 0) is 9.53 Å². The number of hydrogen-bond acceptors (Lipinski definition) is 4. The lowest BCUT2D eigenvalue weighted by molar-refractivity contribution is -0.139. The first-order valence-corrected chi connectivity index (χ1v) is 5.64. The van der Waals surface area contributed by atoms with Crippen LogP contribution in [0.15, 0.2) is 0 Å². The number of halogens is 1. The van der Waals surface area contributed by atoms with E-state index in [-0.39, 0.29) is 10.8 Å². The van der Waals surface area contributed by atoms with E-state index in [1.54, 1.807) is 0 Å². The van der Waals surface area contributed by atoms with E-state index in [0.29, 0.717) is 13.1 Å². The highest BCUT2D eigenvalue weighted by molar-refractivity contribution is 9.10. The molecule has 1 atom stereocenters. The molecule has 82 valence electrons. The minimum Gasteiger partial charge on any atom is -0.468 e. The lowest BCUT2D eigenvalue weighted by Crippen LogP contribution is -2.47. The summed E-state index contributed by atoms with van der Waals surface area (Å²) in [5.41, 5.74) is -0.539. The van der Waals surface area contributed by atoms with Gasteiger partial charge in [-0.05, 0) is 19.3 Å². The van der Waals surface area contributed by atoms with E-state index in [1.165, 1.54) is 7.11 Å². The van der Waals surface area contributed by atoms with Crippen LogP contribution in [0.3, 0.4) is 0 Å². The molecule has 1 aliphatic rings. The van der Waals surface area contributed by atoms with Crippen molar-refractivity contribution in [1.29, 1.82) is 0 Å². The van der Waals surface area contributed by atoms with E-state index in [2.05, 4.69) is 26.0 Å². The van der Waals surface area contributed by atoms with Gasteiger partial charge in [0.2, 0.25) is 0 Å². The topological polar surface area (TPSA) is 58.6 Å². The van der Waals surface area contributed by atoms with E-state index in [1.807, 2.05) is 0 Å². The molecule has 1 fully saturated rings. The molecule has 14 heavy (non-hydrogen) atoms. The largest absolute Gasteiger partial charge is 0.468 e. The van der Waals surface area contributed by atoms with Crippen molar-refractivity contribution in [3.05, 3.63) is 0 Å². The normalized spacial score (nSPS) is 21.1. The van der Waals surface area contributed by atoms with Gasteiger partial charge < -0.3 is 15.2 Å². The minimum absolute atomic E-state index is 0.293. The minimum atomic E-state index is -0.539. The fourth-order valence-corrected chi connectivity index (χ4v) is 1.82. The SMILES string of the molecule is COC(=O)C(Br)CNCC1(O)CCC1. The third-order valence-electron chi connectivity index (χ3n) is 2.52. The third kappa shape index (κ3) is 3.22. The second kappa shape index (κ2) is 5.09. The quantitative estimate of drug-likeness (QED) is 0.559. The van der Waals surface area contributed by atoms with Gasteiger partial charge in [-0.1, -0.05) is 15.9 Å². The Bertz CT molecular complexity index is 206. The number of carbonyl (C=O) groups excluding carboxylic acids is 1. The number of aliphatic hydroxyl groups is 1. The van der Waals surface area contributed by atoms with Crippen molar-refractivity contribution >= 4 is 21.9 Å². The monoisotopic (exact) mass is 265 g/mol. The predicted molar refractivity (Wildman–Crippen MR) is 56.4 cm³/mol. The van der Waals surface area contributed by atoms with Crippen molar-refractivity contribution in [2.24, 2.45) is 0 Å². The number of ether oxygens (including phenoxy) is 1. The molecule has 1 saturated carbocycles. The van der Waals surface area contributed by atoms with Crippen LogP contribution in [0.2, 0.25) is 0 Å². The van der Waals surface area contributed by atoms with E-state index >= 15 is 0 Å². The molecule has 1 rings (SSSR count). The Morgan fingerprint density at radius 2 is 2.36 bits per heavy atom. The lowest BCUT2D eigenvalue weighted by atomic mass is 9.80. The van der Waals surface area contributed by atoms with E-state index in [9.17, 15) is 9.90 Å². The average molecular weight is 266 g/mol. The molecule has 0 aromatic heterocycles. The van der Waals surface area contributed by atoms with Crippen LogP contribution in [0, 0.1) is 0 Å². The molecule has 1 aliphatic carbocycles. The van der Waals surface area contributed by atoms with Crippen molar-refractivity contribution in [2.75, 3.05) is 20.2 Å². The van der Waals surface area contributed by atoms with Crippen molar-refractivity contribution in [3.63, 3.8) is 0 Å². The maximum absolute atomic E-state index is 11.0. The van der Waals surface area contributed by atoms with Crippen molar-refractivity contribution in [2.45, 2.75) is 29.7 Å². The van der Waals surface area contributed by atoms with Gasteiger partial charge in [0.25, 0.3) is 0 Å². The van der Waals surface area contributed by atoms with Gasteiger partial charge in [0.05, 0.1) is 12.7 Å². The molecule has 0 radical (unpaired) electrons. The van der Waals surface area contributed by atoms with Crippen molar-refractivity contribution in [1.82, 2.24) is 5.32 Å². The maximum Gasteiger partial charge on any atom is 0.320 e. The molecule has 2 N–H and O–H groups in total. The summed E-state index contributed by atoms with van der Waals surface area (Å²) in [5, 5.41) is 12.8. The first kappa shape index (κ1) is 11.9. The number of carbonyl (C=O) groups is 1. The van der Waals surface area contributed by atoms with Gasteiger partial charge >= 0.3 is 5.97 Å². The fourth-order valence-electron chi connectivity index (χ4n) is 1.40. The fraction of sp³-hybridized carbons (Fsp3) is 0.889. The Kier molecular flexibility index (Phi) is 4.34. The molecule has 0 heterocycles. The molecule has 0 amide bonds. The smallest absolute Gasteiger partial charge is 0.320 e. The van der Waals surface area contributed by atoms with E-state index in [0.717, 1.165) is 19.3 Å². The average Bonchev–Trinajstić information content (AvgIpc) is 2.13. The summed E-state index contributed by atoms with van der Waals surface area (Å²) < 4.78 is 4.55. The van der Waals surface area contributed by atoms with Crippen LogP contribution >= 0.6 is 15.9 Å². The molecule has 4 nitrogen and oxygen atoms in total. The molecule has 0 spiro atoms. The molecule has 0 bridgehead atoms. The molecular formula is C9H16BrNO3. The number of hydrogen-bond donors (Lipinski definition) is 2. The summed E-state index contributed by atoms with van der Waals surface area (Å²) in [5.74, 6) is -0.293. The Labute approximate surface area is 92.1 Å². The zero-order valence-corrected chi connectivity index (χ0v) is 9.84. The first-order valence-electron chi connectivity index (χ1n) is 4.72. The summed E-state index contributed by atoms with van der Waals surface area (Å²) in [4.78, 5) is 10.6. The van der Waals surface area contributed by atoms with Crippen LogP contribution in [0.4, 0.5) is 0 Å². The highest BCUT2D eigenvalue weighted by Crippen LogP contribution is 2.30. The second-order valence-corrected chi connectivity index (χ2v) is 4.80. The van der Waals surface area contributed by atoms with E-state index in [4.69, 9.17) is 0 Å². The van der Waals surface area contributed by atoms with Crippen molar-refractivity contribution in [3.8, 4) is 0 Å². The zero-order valence-electron chi connectivity index (χ0n) is 8.25. The molecular weight excluding hydrogens is 250 g/mol. The Balaban J connectivity index is 2.11. The molecule has 5 heteroatoms. The molecule has 0 aromatic rings. The van der Waals surface area contributed by atoms with Crippen molar-refractivity contribution < 1.29 is 14.6 Å². The second-order valence-electron chi connectivity index (χ2n) is 3.70. The summed E-state index contributed by atoms with van der Waals surface area (Å²) in [6, 6.07) is 0. The number of rotatable bonds is 5. The molecule has 1 unspecified atom stereocenters. The van der Waals surface area contributed by atoms with Gasteiger partial charge in [-0.15, -0.1) is 0 Å². The summed E-state index contributed by atoms with van der Waals surface area (Å²) in [6.07, 6.45) is 2.79. The Morgan fingerprint density at radius 1 is 1.71 bits per heavy atom. The first-order chi connectivity index (χ1) is 6.57. The standard InChI is InChI=1S/C9H16BrNO3/c1-14-8(12)7(10)5-11-6-9(13)3-2-4-9/h7,11,13H,2-6H2,1H3. The summed E-state index contributed by atoms with van der Waals surface area (Å²) in [7, 11) is 1.36. The number of methoxy groups -OCH3 is 1. The molecule has 0 aromatic carbocycles. The number of alkyl halides is 1.